The van der Waals surface area contributed by atoms with Crippen molar-refractivity contribution in [1.82, 2.24) is 0 Å². The van der Waals surface area contributed by atoms with Gasteiger partial charge in [-0.1, -0.05) is 26.7 Å². The molecule has 3 unspecified atom stereocenters. The third kappa shape index (κ3) is 1.84. The predicted octanol–water partition coefficient (Wildman–Crippen LogP) is 3.22. The molecule has 0 aromatic rings. The van der Waals surface area contributed by atoms with Crippen LogP contribution < -0.4 is 0 Å². The van der Waals surface area contributed by atoms with E-state index in [9.17, 15) is 5.11 Å². The fourth-order valence-corrected chi connectivity index (χ4v) is 3.79. The average Bonchev–Trinajstić information content (AvgIpc) is 2.17. The van der Waals surface area contributed by atoms with E-state index in [1.54, 1.807) is 0 Å². The van der Waals surface area contributed by atoms with E-state index in [1.165, 1.54) is 38.5 Å². The van der Waals surface area contributed by atoms with E-state index in [2.05, 4.69) is 13.8 Å². The van der Waals surface area contributed by atoms with Crippen molar-refractivity contribution in [2.45, 2.75) is 52.4 Å². The molecule has 1 N–H and O–H groups in total. The molecule has 2 aliphatic carbocycles. The number of hydrogen-bond donors (Lipinski definition) is 1. The van der Waals surface area contributed by atoms with Gasteiger partial charge < -0.3 is 5.11 Å². The van der Waals surface area contributed by atoms with Crippen LogP contribution in [0.1, 0.15) is 52.4 Å². The minimum absolute atomic E-state index is 0.416. The molecule has 0 radical (unpaired) electrons. The van der Waals surface area contributed by atoms with Crippen LogP contribution in [0, 0.1) is 23.2 Å². The second-order valence-corrected chi connectivity index (χ2v) is 6.11. The highest BCUT2D eigenvalue weighted by Crippen LogP contribution is 2.51. The number of aliphatic hydroxyl groups excluding tert-OH is 1. The normalized spacial score (nSPS) is 41.8. The first-order chi connectivity index (χ1) is 6.63. The minimum atomic E-state index is 0.416. The summed E-state index contributed by atoms with van der Waals surface area (Å²) in [5, 5.41) is 9.25. The Morgan fingerprint density at radius 1 is 1.21 bits per heavy atom. The Hall–Kier alpha value is -0.0400. The molecule has 2 aliphatic rings. The number of hydrogen-bond acceptors (Lipinski definition) is 1. The van der Waals surface area contributed by atoms with Crippen LogP contribution >= 0.6 is 0 Å². The first kappa shape index (κ1) is 10.5. The summed E-state index contributed by atoms with van der Waals surface area (Å²) in [6, 6.07) is 0. The molecule has 0 aromatic carbocycles. The molecule has 0 heterocycles. The molecule has 0 saturated heterocycles. The van der Waals surface area contributed by atoms with Crippen molar-refractivity contribution >= 4 is 0 Å². The van der Waals surface area contributed by atoms with E-state index >= 15 is 0 Å². The van der Waals surface area contributed by atoms with Gasteiger partial charge in [-0.05, 0) is 48.9 Å². The van der Waals surface area contributed by atoms with Gasteiger partial charge in [0.05, 0.1) is 0 Å². The van der Waals surface area contributed by atoms with Gasteiger partial charge in [0.2, 0.25) is 0 Å². The molecule has 2 rings (SSSR count). The Balaban J connectivity index is 2.06. The summed E-state index contributed by atoms with van der Waals surface area (Å²) in [6.07, 6.45) is 8.21. The van der Waals surface area contributed by atoms with Crippen LogP contribution in [-0.4, -0.2) is 11.7 Å². The quantitative estimate of drug-likeness (QED) is 0.682. The lowest BCUT2D eigenvalue weighted by molar-refractivity contribution is 0.00573. The lowest BCUT2D eigenvalue weighted by Gasteiger charge is -2.48. The monoisotopic (exact) mass is 196 g/mol. The van der Waals surface area contributed by atoms with Crippen LogP contribution in [0.25, 0.3) is 0 Å². The predicted molar refractivity (Wildman–Crippen MR) is 59.0 cm³/mol. The van der Waals surface area contributed by atoms with Gasteiger partial charge in [0.1, 0.15) is 0 Å². The van der Waals surface area contributed by atoms with Gasteiger partial charge in [-0.2, -0.15) is 0 Å². The third-order valence-corrected chi connectivity index (χ3v) is 4.76. The Bertz CT molecular complexity index is 197. The van der Waals surface area contributed by atoms with E-state index in [0.29, 0.717) is 17.9 Å². The molecule has 3 atom stereocenters. The Morgan fingerprint density at radius 2 is 2.00 bits per heavy atom. The van der Waals surface area contributed by atoms with Gasteiger partial charge in [-0.15, -0.1) is 0 Å². The summed E-state index contributed by atoms with van der Waals surface area (Å²) in [5.74, 6) is 2.47. The second-order valence-electron chi connectivity index (χ2n) is 6.11. The first-order valence-electron chi connectivity index (χ1n) is 6.24. The van der Waals surface area contributed by atoms with Gasteiger partial charge in [-0.25, -0.2) is 0 Å². The summed E-state index contributed by atoms with van der Waals surface area (Å²) in [6.45, 7) is 5.28. The van der Waals surface area contributed by atoms with E-state index in [-0.39, 0.29) is 0 Å². The molecular weight excluding hydrogens is 172 g/mol. The molecule has 0 aliphatic heterocycles. The van der Waals surface area contributed by atoms with Crippen molar-refractivity contribution in [3.05, 3.63) is 0 Å². The van der Waals surface area contributed by atoms with Crippen LogP contribution in [-0.2, 0) is 0 Å². The fourth-order valence-electron chi connectivity index (χ4n) is 3.79. The first-order valence-corrected chi connectivity index (χ1v) is 6.24. The molecule has 1 heteroatoms. The van der Waals surface area contributed by atoms with Crippen LogP contribution in [0.5, 0.6) is 0 Å². The summed E-state index contributed by atoms with van der Waals surface area (Å²) < 4.78 is 0. The number of rotatable bonds is 1. The summed E-state index contributed by atoms with van der Waals surface area (Å²) >= 11 is 0. The zero-order chi connectivity index (χ0) is 10.2. The Kier molecular flexibility index (Phi) is 2.88. The maximum atomic E-state index is 9.25. The summed E-state index contributed by atoms with van der Waals surface area (Å²) in [4.78, 5) is 0. The van der Waals surface area contributed by atoms with Crippen molar-refractivity contribution in [3.63, 3.8) is 0 Å². The lowest BCUT2D eigenvalue weighted by atomic mass is 9.57. The van der Waals surface area contributed by atoms with E-state index < -0.39 is 0 Å². The van der Waals surface area contributed by atoms with Crippen molar-refractivity contribution in [2.24, 2.45) is 23.2 Å². The minimum Gasteiger partial charge on any atom is -0.396 e. The average molecular weight is 196 g/mol. The SMILES string of the molecule is CC1(C)CCCC2CCC(CO)CC21. The zero-order valence-corrected chi connectivity index (χ0v) is 9.63. The fraction of sp³-hybridized carbons (Fsp3) is 1.00. The van der Waals surface area contributed by atoms with Gasteiger partial charge in [0, 0.05) is 6.61 Å². The molecule has 1 nitrogen and oxygen atoms in total. The summed E-state index contributed by atoms with van der Waals surface area (Å²) in [5.41, 5.74) is 0.538. The van der Waals surface area contributed by atoms with Crippen LogP contribution in [0.3, 0.4) is 0 Å². The standard InChI is InChI=1S/C13H24O/c1-13(2)7-3-4-11-6-5-10(9-14)8-12(11)13/h10-12,14H,3-9H2,1-2H3. The highest BCUT2D eigenvalue weighted by molar-refractivity contribution is 4.92. The molecule has 2 saturated carbocycles. The molecule has 2 fully saturated rings. The largest absolute Gasteiger partial charge is 0.396 e. The molecule has 0 amide bonds. The molecular formula is C13H24O. The smallest absolute Gasteiger partial charge is 0.0459 e. The molecule has 0 aromatic heterocycles. The second kappa shape index (κ2) is 3.84. The number of aliphatic hydroxyl groups is 1. The molecule has 14 heavy (non-hydrogen) atoms. The van der Waals surface area contributed by atoms with Gasteiger partial charge >= 0.3 is 0 Å². The van der Waals surface area contributed by atoms with Gasteiger partial charge in [0.25, 0.3) is 0 Å². The van der Waals surface area contributed by atoms with Crippen LogP contribution in [0.4, 0.5) is 0 Å². The van der Waals surface area contributed by atoms with Crippen molar-refractivity contribution in [2.75, 3.05) is 6.61 Å². The Morgan fingerprint density at radius 3 is 2.71 bits per heavy atom. The highest BCUT2D eigenvalue weighted by atomic mass is 16.3. The Labute approximate surface area is 87.9 Å². The van der Waals surface area contributed by atoms with Crippen LogP contribution in [0.2, 0.25) is 0 Å². The highest BCUT2D eigenvalue weighted by Gasteiger charge is 2.41. The van der Waals surface area contributed by atoms with E-state index in [1.807, 2.05) is 0 Å². The van der Waals surface area contributed by atoms with E-state index in [4.69, 9.17) is 0 Å². The van der Waals surface area contributed by atoms with E-state index in [0.717, 1.165) is 11.8 Å². The number of fused-ring (bicyclic) bond motifs is 1. The lowest BCUT2D eigenvalue weighted by Crippen LogP contribution is -2.39. The van der Waals surface area contributed by atoms with Gasteiger partial charge in [0.15, 0.2) is 0 Å². The molecule has 82 valence electrons. The van der Waals surface area contributed by atoms with Crippen molar-refractivity contribution < 1.29 is 5.11 Å². The van der Waals surface area contributed by atoms with Crippen LogP contribution in [0.15, 0.2) is 0 Å². The van der Waals surface area contributed by atoms with Crippen molar-refractivity contribution in [1.29, 1.82) is 0 Å². The zero-order valence-electron chi connectivity index (χ0n) is 9.63. The molecule has 0 bridgehead atoms. The maximum absolute atomic E-state index is 9.25. The maximum Gasteiger partial charge on any atom is 0.0459 e. The van der Waals surface area contributed by atoms with Gasteiger partial charge in [-0.3, -0.25) is 0 Å². The molecule has 0 spiro atoms. The summed E-state index contributed by atoms with van der Waals surface area (Å²) in [7, 11) is 0. The topological polar surface area (TPSA) is 20.2 Å². The van der Waals surface area contributed by atoms with Crippen molar-refractivity contribution in [3.8, 4) is 0 Å². The third-order valence-electron chi connectivity index (χ3n) is 4.76.